The van der Waals surface area contributed by atoms with Crippen molar-refractivity contribution in [2.75, 3.05) is 44.4 Å². The van der Waals surface area contributed by atoms with Gasteiger partial charge in [-0.3, -0.25) is 19.8 Å². The van der Waals surface area contributed by atoms with Crippen molar-refractivity contribution in [2.45, 2.75) is 87.9 Å². The van der Waals surface area contributed by atoms with Gasteiger partial charge in [-0.25, -0.2) is 18.1 Å². The Labute approximate surface area is 371 Å². The third kappa shape index (κ3) is 8.12. The van der Waals surface area contributed by atoms with Gasteiger partial charge in [-0.2, -0.15) is 0 Å². The lowest BCUT2D eigenvalue weighted by molar-refractivity contribution is -0.383. The predicted molar refractivity (Wildman–Crippen MR) is 243 cm³/mol. The van der Waals surface area contributed by atoms with E-state index < -0.39 is 31.4 Å². The lowest BCUT2D eigenvalue weighted by atomic mass is 9.59. The third-order valence-electron chi connectivity index (χ3n) is 13.9. The van der Waals surface area contributed by atoms with E-state index in [9.17, 15) is 23.3 Å². The molecule has 1 unspecified atom stereocenters. The van der Waals surface area contributed by atoms with E-state index in [0.717, 1.165) is 49.6 Å². The number of carbonyl (C=O) groups is 1. The summed E-state index contributed by atoms with van der Waals surface area (Å²) in [4.78, 5) is 38.0. The van der Waals surface area contributed by atoms with Gasteiger partial charge in [0.1, 0.15) is 22.7 Å². The number of likely N-dealkylation sites (tertiary alicyclic amines) is 1. The first-order valence-electron chi connectivity index (χ1n) is 22.3. The SMILES string of the molecule is CC(C)c1ccccc1[C@@H]1CCCN1C1CC2(CCN(c3ccc(C(=O)NS(=O)(=O)c4cc([N+](=O)[O-])c5c(ccn5CC5COCCO5)c4)c(Oc4cnc5[nH]ccc5c4)c3)CC2)C1. The van der Waals surface area contributed by atoms with Crippen LogP contribution in [0.15, 0.2) is 96.3 Å². The van der Waals surface area contributed by atoms with E-state index in [4.69, 9.17) is 14.2 Å². The van der Waals surface area contributed by atoms with Crippen molar-refractivity contribution >= 4 is 49.2 Å². The van der Waals surface area contributed by atoms with Crippen molar-refractivity contribution in [1.29, 1.82) is 0 Å². The molecule has 16 heteroatoms. The van der Waals surface area contributed by atoms with Crippen molar-refractivity contribution in [2.24, 2.45) is 5.41 Å². The zero-order valence-electron chi connectivity index (χ0n) is 36.1. The number of sulfonamides is 1. The maximum absolute atomic E-state index is 14.1. The molecule has 64 heavy (non-hydrogen) atoms. The summed E-state index contributed by atoms with van der Waals surface area (Å²) in [6.07, 6.45) is 11.6. The molecule has 6 aromatic rings. The number of fused-ring (bicyclic) bond motifs is 2. The van der Waals surface area contributed by atoms with Crippen LogP contribution in [0.2, 0.25) is 0 Å². The van der Waals surface area contributed by atoms with Gasteiger partial charge < -0.3 is 28.7 Å². The van der Waals surface area contributed by atoms with Gasteiger partial charge in [0.05, 0.1) is 54.0 Å². The number of rotatable bonds is 12. The molecule has 1 amide bonds. The number of nitro groups is 1. The van der Waals surface area contributed by atoms with Gasteiger partial charge in [0.25, 0.3) is 21.6 Å². The van der Waals surface area contributed by atoms with Crippen LogP contribution < -0.4 is 14.4 Å². The minimum atomic E-state index is -4.60. The van der Waals surface area contributed by atoms with E-state index in [1.165, 1.54) is 42.9 Å². The van der Waals surface area contributed by atoms with Gasteiger partial charge in [-0.05, 0) is 104 Å². The molecule has 1 spiro atoms. The number of hydrogen-bond acceptors (Lipinski definition) is 11. The van der Waals surface area contributed by atoms with Crippen LogP contribution in [-0.2, 0) is 26.0 Å². The van der Waals surface area contributed by atoms with Crippen LogP contribution in [0, 0.1) is 15.5 Å². The van der Waals surface area contributed by atoms with Crippen LogP contribution in [0.4, 0.5) is 11.4 Å². The summed E-state index contributed by atoms with van der Waals surface area (Å²) in [5.74, 6) is 0.0698. The van der Waals surface area contributed by atoms with Crippen molar-refractivity contribution in [1.82, 2.24) is 24.2 Å². The number of piperidine rings is 1. The summed E-state index contributed by atoms with van der Waals surface area (Å²) in [6.45, 7) is 8.91. The van der Waals surface area contributed by atoms with Crippen LogP contribution >= 0.6 is 0 Å². The van der Waals surface area contributed by atoms with Gasteiger partial charge in [0.2, 0.25) is 0 Å². The average molecular weight is 888 g/mol. The Morgan fingerprint density at radius 2 is 1.86 bits per heavy atom. The van der Waals surface area contributed by atoms with Crippen LogP contribution in [0.5, 0.6) is 11.5 Å². The Bertz CT molecular complexity index is 2840. The maximum Gasteiger partial charge on any atom is 0.294 e. The predicted octanol–water partition coefficient (Wildman–Crippen LogP) is 8.46. The Kier molecular flexibility index (Phi) is 11.2. The van der Waals surface area contributed by atoms with Gasteiger partial charge >= 0.3 is 0 Å². The van der Waals surface area contributed by atoms with Crippen molar-refractivity contribution < 1.29 is 32.3 Å². The molecule has 4 fully saturated rings. The lowest BCUT2D eigenvalue weighted by Crippen LogP contribution is -2.54. The molecule has 3 aromatic carbocycles. The highest BCUT2D eigenvalue weighted by molar-refractivity contribution is 7.90. The number of H-pyrrole nitrogens is 1. The zero-order chi connectivity index (χ0) is 44.2. The molecule has 0 radical (unpaired) electrons. The normalized spacial score (nSPS) is 20.6. The number of pyridine rings is 1. The van der Waals surface area contributed by atoms with E-state index in [2.05, 4.69) is 62.6 Å². The van der Waals surface area contributed by atoms with Crippen LogP contribution in [0.3, 0.4) is 0 Å². The summed E-state index contributed by atoms with van der Waals surface area (Å²) in [7, 11) is -4.60. The highest BCUT2D eigenvalue weighted by Gasteiger charge is 2.50. The van der Waals surface area contributed by atoms with E-state index in [0.29, 0.717) is 60.0 Å². The monoisotopic (exact) mass is 887 g/mol. The van der Waals surface area contributed by atoms with Crippen LogP contribution in [0.25, 0.3) is 21.9 Å². The fourth-order valence-electron chi connectivity index (χ4n) is 10.6. The number of nitrogens with one attached hydrogen (secondary N) is 2. The number of nitro benzene ring substituents is 1. The van der Waals surface area contributed by atoms with Crippen molar-refractivity contribution in [3.63, 3.8) is 0 Å². The highest BCUT2D eigenvalue weighted by Crippen LogP contribution is 2.54. The Balaban J connectivity index is 0.870. The summed E-state index contributed by atoms with van der Waals surface area (Å²) in [5, 5.41) is 13.5. The molecular formula is C48H53N7O8S. The largest absolute Gasteiger partial charge is 0.455 e. The van der Waals surface area contributed by atoms with Crippen molar-refractivity contribution in [3.05, 3.63) is 118 Å². The number of nitrogens with zero attached hydrogens (tertiary/aromatic N) is 5. The lowest BCUT2D eigenvalue weighted by Gasteiger charge is -2.56. The minimum absolute atomic E-state index is 0.0209. The van der Waals surface area contributed by atoms with Gasteiger partial charge in [0, 0.05) is 66.2 Å². The van der Waals surface area contributed by atoms with Crippen molar-refractivity contribution in [3.8, 4) is 11.5 Å². The fraction of sp³-hybridized carbons (Fsp3) is 0.417. The Morgan fingerprint density at radius 3 is 2.64 bits per heavy atom. The number of amides is 1. The second-order valence-corrected chi connectivity index (χ2v) is 19.9. The average Bonchev–Trinajstić information content (AvgIpc) is 4.06. The molecule has 334 valence electrons. The molecule has 3 aromatic heterocycles. The number of ether oxygens (including phenoxy) is 3. The molecule has 1 saturated carbocycles. The molecule has 3 saturated heterocycles. The number of non-ortho nitro benzene ring substituents is 1. The number of carbonyl (C=O) groups excluding carboxylic acids is 1. The smallest absolute Gasteiger partial charge is 0.294 e. The number of aromatic nitrogens is 3. The Hall–Kier alpha value is -5.81. The molecule has 6 heterocycles. The molecule has 4 aliphatic rings. The quantitative estimate of drug-likeness (QED) is 0.0892. The number of aromatic amines is 1. The minimum Gasteiger partial charge on any atom is -0.455 e. The summed E-state index contributed by atoms with van der Waals surface area (Å²) in [6, 6.07) is 22.8. The van der Waals surface area contributed by atoms with Crippen LogP contribution in [0.1, 0.15) is 85.8 Å². The maximum atomic E-state index is 14.1. The molecule has 10 rings (SSSR count). The molecule has 1 aliphatic carbocycles. The van der Waals surface area contributed by atoms with E-state index >= 15 is 0 Å². The molecule has 3 aliphatic heterocycles. The van der Waals surface area contributed by atoms with Gasteiger partial charge in [0.15, 0.2) is 0 Å². The topological polar surface area (TPSA) is 174 Å². The summed E-state index contributed by atoms with van der Waals surface area (Å²) < 4.78 is 49.3. The first kappa shape index (κ1) is 42.2. The number of anilines is 1. The second kappa shape index (κ2) is 17.0. The molecular weight excluding hydrogens is 835 g/mol. The van der Waals surface area contributed by atoms with Gasteiger partial charge in [-0.1, -0.05) is 38.1 Å². The van der Waals surface area contributed by atoms with E-state index in [1.54, 1.807) is 47.4 Å². The van der Waals surface area contributed by atoms with Gasteiger partial charge in [-0.15, -0.1) is 0 Å². The number of hydrogen-bond donors (Lipinski definition) is 2. The molecule has 15 nitrogen and oxygen atoms in total. The third-order valence-corrected chi connectivity index (χ3v) is 15.2. The standard InChI is InChI=1S/C48H53N7O8S/c1-31(2)39-6-3-4-7-40(39)42-8-5-16-54(42)35-26-48(27-35)13-18-52(19-14-48)34-9-10-41(44(24-34)63-36-22-33-11-15-49-46(33)50-28-36)47(56)51-64(59,60)38-23-32-12-17-53(29-37-30-61-20-21-62-37)45(32)43(25-38)55(57)58/h3-4,6-7,9-12,15,17,22-25,28,31,35,37,42H,5,8,13-14,16,18-21,26-27,29-30H2,1-2H3,(H,49,50)(H,51,56)/t37?,42-/m0/s1. The summed E-state index contributed by atoms with van der Waals surface area (Å²) >= 11 is 0. The zero-order valence-corrected chi connectivity index (χ0v) is 36.9. The first-order valence-corrected chi connectivity index (χ1v) is 23.8. The molecule has 2 N–H and O–H groups in total. The summed E-state index contributed by atoms with van der Waals surface area (Å²) in [5.41, 5.74) is 4.60. The fourth-order valence-corrected chi connectivity index (χ4v) is 11.7. The highest BCUT2D eigenvalue weighted by atomic mass is 32.2. The van der Waals surface area contributed by atoms with E-state index in [1.807, 2.05) is 12.1 Å². The Morgan fingerprint density at radius 1 is 1.03 bits per heavy atom. The first-order chi connectivity index (χ1) is 30.9. The molecule has 2 atom stereocenters. The molecule has 0 bridgehead atoms. The van der Waals surface area contributed by atoms with E-state index in [-0.39, 0.29) is 29.5 Å². The van der Waals surface area contributed by atoms with Crippen LogP contribution in [-0.4, -0.2) is 90.3 Å². The number of benzene rings is 3. The second-order valence-electron chi connectivity index (χ2n) is 18.2.